The van der Waals surface area contributed by atoms with Crippen LogP contribution in [0.1, 0.15) is 72.1 Å². The first-order chi connectivity index (χ1) is 9.56. The highest BCUT2D eigenvalue weighted by Gasteiger charge is 2.14. The van der Waals surface area contributed by atoms with Crippen LogP contribution in [0.15, 0.2) is 0 Å². The molecule has 124 valence electrons. The topological polar surface area (TPSA) is 80.9 Å². The summed E-state index contributed by atoms with van der Waals surface area (Å²) < 4.78 is 0. The van der Waals surface area contributed by atoms with Gasteiger partial charge in [-0.2, -0.15) is 0 Å². The van der Waals surface area contributed by atoms with Crippen molar-refractivity contribution in [3.05, 3.63) is 0 Å². The van der Waals surface area contributed by atoms with Crippen molar-refractivity contribution in [1.82, 2.24) is 0 Å². The first-order valence-corrected chi connectivity index (χ1v) is 8.14. The first kappa shape index (κ1) is 22.1. The molecule has 4 nitrogen and oxygen atoms in total. The molecule has 0 aromatic heterocycles. The van der Waals surface area contributed by atoms with Crippen molar-refractivity contribution in [2.45, 2.75) is 84.3 Å². The third kappa shape index (κ3) is 14.3. The van der Waals surface area contributed by atoms with Crippen LogP contribution in [0.4, 0.5) is 0 Å². The molecule has 0 radical (unpaired) electrons. The number of unbranched alkanes of at least 4 members (excludes halogenated alkanes) is 2. The third-order valence-electron chi connectivity index (χ3n) is 3.49. The molecule has 0 aliphatic heterocycles. The Morgan fingerprint density at radius 3 is 1.85 bits per heavy atom. The lowest BCUT2D eigenvalue weighted by molar-refractivity contribution is 0.0584. The molecule has 0 aliphatic rings. The SMILES string of the molecule is CCCC(O)C(CC)CO.CCCCCC(O)CCO. The van der Waals surface area contributed by atoms with Crippen LogP contribution < -0.4 is 0 Å². The van der Waals surface area contributed by atoms with Gasteiger partial charge in [-0.05, 0) is 25.7 Å². The molecule has 4 N–H and O–H groups in total. The lowest BCUT2D eigenvalue weighted by Crippen LogP contribution is -2.22. The second kappa shape index (κ2) is 16.9. The van der Waals surface area contributed by atoms with E-state index in [0.29, 0.717) is 6.42 Å². The minimum Gasteiger partial charge on any atom is -0.396 e. The summed E-state index contributed by atoms with van der Waals surface area (Å²) in [5.41, 5.74) is 0. The molecule has 0 fully saturated rings. The van der Waals surface area contributed by atoms with Crippen LogP contribution in [-0.4, -0.2) is 45.8 Å². The van der Waals surface area contributed by atoms with Crippen LogP contribution >= 0.6 is 0 Å². The highest BCUT2D eigenvalue weighted by atomic mass is 16.3. The van der Waals surface area contributed by atoms with Gasteiger partial charge in [0, 0.05) is 19.1 Å². The van der Waals surface area contributed by atoms with Crippen LogP contribution in [0.2, 0.25) is 0 Å². The van der Waals surface area contributed by atoms with E-state index in [0.717, 1.165) is 32.1 Å². The van der Waals surface area contributed by atoms with Gasteiger partial charge < -0.3 is 20.4 Å². The average Bonchev–Trinajstić information content (AvgIpc) is 2.42. The van der Waals surface area contributed by atoms with Crippen molar-refractivity contribution in [2.24, 2.45) is 5.92 Å². The zero-order chi connectivity index (χ0) is 15.8. The Balaban J connectivity index is 0. The summed E-state index contributed by atoms with van der Waals surface area (Å²) in [4.78, 5) is 0. The summed E-state index contributed by atoms with van der Waals surface area (Å²) in [6.45, 7) is 6.37. The maximum Gasteiger partial charge on any atom is 0.0590 e. The molecule has 0 spiro atoms. The van der Waals surface area contributed by atoms with Gasteiger partial charge in [-0.3, -0.25) is 0 Å². The lowest BCUT2D eigenvalue weighted by Gasteiger charge is -2.17. The Morgan fingerprint density at radius 1 is 0.800 bits per heavy atom. The van der Waals surface area contributed by atoms with E-state index in [-0.39, 0.29) is 31.3 Å². The zero-order valence-electron chi connectivity index (χ0n) is 13.6. The van der Waals surface area contributed by atoms with E-state index in [4.69, 9.17) is 15.3 Å². The molecular weight excluding hydrogens is 256 g/mol. The van der Waals surface area contributed by atoms with Crippen molar-refractivity contribution in [3.8, 4) is 0 Å². The van der Waals surface area contributed by atoms with Crippen LogP contribution in [0.5, 0.6) is 0 Å². The second-order valence-corrected chi connectivity index (χ2v) is 5.37. The Labute approximate surface area is 124 Å². The van der Waals surface area contributed by atoms with Crippen LogP contribution in [0.3, 0.4) is 0 Å². The molecule has 0 aromatic rings. The third-order valence-corrected chi connectivity index (χ3v) is 3.49. The fourth-order valence-electron chi connectivity index (χ4n) is 1.98. The van der Waals surface area contributed by atoms with Crippen molar-refractivity contribution in [2.75, 3.05) is 13.2 Å². The molecule has 3 unspecified atom stereocenters. The van der Waals surface area contributed by atoms with E-state index < -0.39 is 0 Å². The summed E-state index contributed by atoms with van der Waals surface area (Å²) in [6, 6.07) is 0. The van der Waals surface area contributed by atoms with Crippen LogP contribution in [-0.2, 0) is 0 Å². The molecule has 0 heterocycles. The summed E-state index contributed by atoms with van der Waals surface area (Å²) >= 11 is 0. The molecule has 0 amide bonds. The van der Waals surface area contributed by atoms with Crippen molar-refractivity contribution < 1.29 is 20.4 Å². The largest absolute Gasteiger partial charge is 0.396 e. The predicted octanol–water partition coefficient (Wildman–Crippen LogP) is 2.48. The van der Waals surface area contributed by atoms with Gasteiger partial charge in [-0.15, -0.1) is 0 Å². The minimum absolute atomic E-state index is 0.0833. The van der Waals surface area contributed by atoms with Crippen molar-refractivity contribution >= 4 is 0 Å². The first-order valence-electron chi connectivity index (χ1n) is 8.14. The van der Waals surface area contributed by atoms with E-state index in [9.17, 15) is 5.11 Å². The van der Waals surface area contributed by atoms with E-state index in [1.165, 1.54) is 12.8 Å². The standard InChI is InChI=1S/2C8H18O2/c1-3-5-8(10)7(4-2)6-9;1-2-3-4-5-8(10)6-7-9/h7-10H,3-6H2,1-2H3;8-10H,2-7H2,1H3. The van der Waals surface area contributed by atoms with E-state index in [1.54, 1.807) is 0 Å². The normalized spacial score (nSPS) is 15.2. The number of aliphatic hydroxyl groups is 4. The molecule has 20 heavy (non-hydrogen) atoms. The second-order valence-electron chi connectivity index (χ2n) is 5.37. The highest BCUT2D eigenvalue weighted by molar-refractivity contribution is 4.65. The Bertz CT molecular complexity index is 172. The summed E-state index contributed by atoms with van der Waals surface area (Å²) in [5, 5.41) is 35.7. The van der Waals surface area contributed by atoms with Gasteiger partial charge in [-0.25, -0.2) is 0 Å². The van der Waals surface area contributed by atoms with Gasteiger partial charge in [0.15, 0.2) is 0 Å². The molecule has 0 saturated carbocycles. The van der Waals surface area contributed by atoms with Gasteiger partial charge in [0.05, 0.1) is 12.2 Å². The maximum atomic E-state index is 9.35. The Morgan fingerprint density at radius 2 is 1.45 bits per heavy atom. The van der Waals surface area contributed by atoms with Crippen LogP contribution in [0.25, 0.3) is 0 Å². The molecule has 4 heteroatoms. The predicted molar refractivity (Wildman–Crippen MR) is 83.6 cm³/mol. The molecule has 0 aliphatic carbocycles. The number of aliphatic hydroxyl groups excluding tert-OH is 4. The molecular formula is C16H36O4. The Hall–Kier alpha value is -0.160. The average molecular weight is 292 g/mol. The monoisotopic (exact) mass is 292 g/mol. The number of rotatable bonds is 11. The molecule has 0 bridgehead atoms. The fourth-order valence-corrected chi connectivity index (χ4v) is 1.98. The summed E-state index contributed by atoms with van der Waals surface area (Å²) in [5.74, 6) is 0.0833. The van der Waals surface area contributed by atoms with Gasteiger partial charge in [-0.1, -0.05) is 46.5 Å². The summed E-state index contributed by atoms with van der Waals surface area (Å²) in [7, 11) is 0. The van der Waals surface area contributed by atoms with Gasteiger partial charge in [0.2, 0.25) is 0 Å². The smallest absolute Gasteiger partial charge is 0.0590 e. The van der Waals surface area contributed by atoms with Crippen molar-refractivity contribution in [1.29, 1.82) is 0 Å². The lowest BCUT2D eigenvalue weighted by atomic mass is 9.97. The minimum atomic E-state index is -0.306. The van der Waals surface area contributed by atoms with E-state index >= 15 is 0 Å². The highest BCUT2D eigenvalue weighted by Crippen LogP contribution is 2.12. The van der Waals surface area contributed by atoms with Crippen LogP contribution in [0, 0.1) is 5.92 Å². The number of hydrogen-bond donors (Lipinski definition) is 4. The van der Waals surface area contributed by atoms with E-state index in [1.807, 2.05) is 13.8 Å². The summed E-state index contributed by atoms with van der Waals surface area (Å²) in [6.07, 6.45) is 6.88. The molecule has 0 rings (SSSR count). The van der Waals surface area contributed by atoms with Gasteiger partial charge >= 0.3 is 0 Å². The molecule has 0 aromatic carbocycles. The van der Waals surface area contributed by atoms with E-state index in [2.05, 4.69) is 6.92 Å². The fraction of sp³-hybridized carbons (Fsp3) is 1.00. The number of hydrogen-bond acceptors (Lipinski definition) is 4. The van der Waals surface area contributed by atoms with Gasteiger partial charge in [0.25, 0.3) is 0 Å². The zero-order valence-corrected chi connectivity index (χ0v) is 13.6. The van der Waals surface area contributed by atoms with Crippen molar-refractivity contribution in [3.63, 3.8) is 0 Å². The Kier molecular flexibility index (Phi) is 18.7. The van der Waals surface area contributed by atoms with Gasteiger partial charge in [0.1, 0.15) is 0 Å². The quantitative estimate of drug-likeness (QED) is 0.441. The molecule has 0 saturated heterocycles. The molecule has 3 atom stereocenters. The maximum absolute atomic E-state index is 9.35.